The number of benzene rings is 1. The third-order valence-corrected chi connectivity index (χ3v) is 5.32. The second-order valence-corrected chi connectivity index (χ2v) is 6.87. The monoisotopic (exact) mass is 303 g/mol. The van der Waals surface area contributed by atoms with Crippen LogP contribution in [0.25, 0.3) is 0 Å². The largest absolute Gasteiger partial charge is 0.480 e. The Bertz CT molecular complexity index is 525. The lowest BCUT2D eigenvalue weighted by Crippen LogP contribution is -2.23. The van der Waals surface area contributed by atoms with Crippen molar-refractivity contribution in [1.29, 1.82) is 0 Å². The highest BCUT2D eigenvalue weighted by atomic mass is 32.2. The Morgan fingerprint density at radius 1 is 1.32 bits per heavy atom. The number of hydrogen-bond acceptors (Lipinski definition) is 4. The van der Waals surface area contributed by atoms with Crippen molar-refractivity contribution in [2.45, 2.75) is 35.3 Å². The van der Waals surface area contributed by atoms with Gasteiger partial charge in [0, 0.05) is 11.4 Å². The number of rotatable bonds is 7. The third kappa shape index (κ3) is 4.52. The van der Waals surface area contributed by atoms with Crippen molar-refractivity contribution < 1.29 is 18.3 Å². The minimum Gasteiger partial charge on any atom is -0.480 e. The minimum absolute atomic E-state index is 0.182. The summed E-state index contributed by atoms with van der Waals surface area (Å²) in [4.78, 5) is 11.8. The summed E-state index contributed by atoms with van der Waals surface area (Å²) in [7, 11) is -3.45. The number of hydrogen-bond donors (Lipinski definition) is 2. The molecule has 7 heteroatoms. The van der Waals surface area contributed by atoms with Crippen LogP contribution >= 0.6 is 11.8 Å². The van der Waals surface area contributed by atoms with E-state index < -0.39 is 21.2 Å². The number of carboxylic acid groups (broad SMARTS) is 1. The first-order chi connectivity index (χ1) is 8.90. The molecule has 1 rings (SSSR count). The molecule has 0 amide bonds. The van der Waals surface area contributed by atoms with Crippen LogP contribution in [-0.4, -0.2) is 31.3 Å². The SMILES string of the molecule is CCNS(=O)(=O)c1ccc(SC(CC)C(=O)O)cc1. The van der Waals surface area contributed by atoms with Gasteiger partial charge in [-0.3, -0.25) is 4.79 Å². The molecule has 2 N–H and O–H groups in total. The molecule has 0 aliphatic rings. The van der Waals surface area contributed by atoms with E-state index in [4.69, 9.17) is 5.11 Å². The van der Waals surface area contributed by atoms with E-state index in [0.717, 1.165) is 4.90 Å². The zero-order valence-corrected chi connectivity index (χ0v) is 12.4. The van der Waals surface area contributed by atoms with Crippen LogP contribution in [-0.2, 0) is 14.8 Å². The second kappa shape index (κ2) is 6.93. The number of aliphatic carboxylic acids is 1. The molecule has 1 unspecified atom stereocenters. The maximum absolute atomic E-state index is 11.7. The van der Waals surface area contributed by atoms with Crippen LogP contribution in [0.3, 0.4) is 0 Å². The van der Waals surface area contributed by atoms with Gasteiger partial charge in [0.05, 0.1) is 4.90 Å². The highest BCUT2D eigenvalue weighted by Gasteiger charge is 2.17. The fourth-order valence-electron chi connectivity index (χ4n) is 1.44. The van der Waals surface area contributed by atoms with Gasteiger partial charge in [0.1, 0.15) is 5.25 Å². The Labute approximate surface area is 117 Å². The molecule has 1 aromatic carbocycles. The molecule has 0 spiro atoms. The van der Waals surface area contributed by atoms with Gasteiger partial charge in [0.2, 0.25) is 10.0 Å². The lowest BCUT2D eigenvalue weighted by molar-refractivity contribution is -0.136. The van der Waals surface area contributed by atoms with Gasteiger partial charge >= 0.3 is 5.97 Å². The average Bonchev–Trinajstić information content (AvgIpc) is 2.36. The molecule has 1 atom stereocenters. The third-order valence-electron chi connectivity index (χ3n) is 2.39. The topological polar surface area (TPSA) is 83.5 Å². The predicted octanol–water partition coefficient (Wildman–Crippen LogP) is 1.94. The van der Waals surface area contributed by atoms with Crippen LogP contribution in [0.1, 0.15) is 20.3 Å². The van der Waals surface area contributed by atoms with Gasteiger partial charge in [-0.1, -0.05) is 13.8 Å². The second-order valence-electron chi connectivity index (χ2n) is 3.83. The van der Waals surface area contributed by atoms with E-state index in [1.807, 2.05) is 0 Å². The van der Waals surface area contributed by atoms with Crippen molar-refractivity contribution in [3.63, 3.8) is 0 Å². The standard InChI is InChI=1S/C12H17NO4S2/c1-3-11(12(14)15)18-9-5-7-10(8-6-9)19(16,17)13-4-2/h5-8,11,13H,3-4H2,1-2H3,(H,14,15). The number of carboxylic acids is 1. The Kier molecular flexibility index (Phi) is 5.84. The summed E-state index contributed by atoms with van der Waals surface area (Å²) < 4.78 is 25.8. The first-order valence-electron chi connectivity index (χ1n) is 5.90. The summed E-state index contributed by atoms with van der Waals surface area (Å²) in [5.74, 6) is -0.864. The molecule has 0 fully saturated rings. The molecule has 0 bridgehead atoms. The summed E-state index contributed by atoms with van der Waals surface area (Å²) in [6.07, 6.45) is 0.511. The van der Waals surface area contributed by atoms with E-state index in [1.165, 1.54) is 23.9 Å². The predicted molar refractivity (Wildman–Crippen MR) is 74.9 cm³/mol. The quantitative estimate of drug-likeness (QED) is 0.752. The van der Waals surface area contributed by atoms with E-state index in [9.17, 15) is 13.2 Å². The molecule has 0 heterocycles. The fraction of sp³-hybridized carbons (Fsp3) is 0.417. The van der Waals surface area contributed by atoms with Gasteiger partial charge in [-0.2, -0.15) is 0 Å². The van der Waals surface area contributed by atoms with Crippen molar-refractivity contribution in [2.24, 2.45) is 0 Å². The molecule has 0 aliphatic carbocycles. The maximum Gasteiger partial charge on any atom is 0.316 e. The zero-order valence-electron chi connectivity index (χ0n) is 10.8. The lowest BCUT2D eigenvalue weighted by Gasteiger charge is -2.10. The fourth-order valence-corrected chi connectivity index (χ4v) is 3.37. The van der Waals surface area contributed by atoms with Crippen molar-refractivity contribution >= 4 is 27.8 Å². The molecule has 0 aliphatic heterocycles. The van der Waals surface area contributed by atoms with Crippen molar-refractivity contribution in [3.05, 3.63) is 24.3 Å². The first kappa shape index (κ1) is 16.0. The van der Waals surface area contributed by atoms with Crippen LogP contribution in [0.2, 0.25) is 0 Å². The normalized spacial score (nSPS) is 13.2. The molecule has 0 aromatic heterocycles. The number of thioether (sulfide) groups is 1. The van der Waals surface area contributed by atoms with Gasteiger partial charge in [0.15, 0.2) is 0 Å². The summed E-state index contributed by atoms with van der Waals surface area (Å²) >= 11 is 1.21. The first-order valence-corrected chi connectivity index (χ1v) is 8.26. The van der Waals surface area contributed by atoms with E-state index >= 15 is 0 Å². The molecule has 1 aromatic rings. The van der Waals surface area contributed by atoms with E-state index in [1.54, 1.807) is 26.0 Å². The molecule has 0 saturated carbocycles. The summed E-state index contributed by atoms with van der Waals surface area (Å²) in [6.45, 7) is 3.84. The van der Waals surface area contributed by atoms with Gasteiger partial charge in [0.25, 0.3) is 0 Å². The molecule has 0 saturated heterocycles. The molecular formula is C12H17NO4S2. The number of nitrogens with one attached hydrogen (secondary N) is 1. The molecular weight excluding hydrogens is 286 g/mol. The Morgan fingerprint density at radius 3 is 2.32 bits per heavy atom. The molecule has 5 nitrogen and oxygen atoms in total. The Balaban J connectivity index is 2.85. The minimum atomic E-state index is -3.45. The maximum atomic E-state index is 11.7. The van der Waals surface area contributed by atoms with E-state index in [-0.39, 0.29) is 4.90 Å². The zero-order chi connectivity index (χ0) is 14.5. The van der Waals surface area contributed by atoms with Crippen molar-refractivity contribution in [2.75, 3.05) is 6.54 Å². The van der Waals surface area contributed by atoms with Gasteiger partial charge in [-0.25, -0.2) is 13.1 Å². The molecule has 19 heavy (non-hydrogen) atoms. The molecule has 0 radical (unpaired) electrons. The van der Waals surface area contributed by atoms with Crippen molar-refractivity contribution in [1.82, 2.24) is 4.72 Å². The van der Waals surface area contributed by atoms with E-state index in [0.29, 0.717) is 13.0 Å². The summed E-state index contributed by atoms with van der Waals surface area (Å²) in [5, 5.41) is 8.44. The average molecular weight is 303 g/mol. The van der Waals surface area contributed by atoms with Gasteiger partial charge in [-0.15, -0.1) is 11.8 Å². The number of carbonyl (C=O) groups is 1. The van der Waals surface area contributed by atoms with Crippen LogP contribution in [0.5, 0.6) is 0 Å². The van der Waals surface area contributed by atoms with Crippen molar-refractivity contribution in [3.8, 4) is 0 Å². The van der Waals surface area contributed by atoms with Gasteiger partial charge < -0.3 is 5.11 Å². The van der Waals surface area contributed by atoms with Gasteiger partial charge in [-0.05, 0) is 30.7 Å². The smallest absolute Gasteiger partial charge is 0.316 e. The highest BCUT2D eigenvalue weighted by molar-refractivity contribution is 8.00. The van der Waals surface area contributed by atoms with Crippen LogP contribution in [0, 0.1) is 0 Å². The Morgan fingerprint density at radius 2 is 1.89 bits per heavy atom. The lowest BCUT2D eigenvalue weighted by atomic mass is 10.3. The number of sulfonamides is 1. The summed E-state index contributed by atoms with van der Waals surface area (Å²) in [6, 6.07) is 6.21. The summed E-state index contributed by atoms with van der Waals surface area (Å²) in [5.41, 5.74) is 0. The van der Waals surface area contributed by atoms with Crippen LogP contribution < -0.4 is 4.72 Å². The molecule has 106 valence electrons. The van der Waals surface area contributed by atoms with E-state index in [2.05, 4.69) is 4.72 Å². The van der Waals surface area contributed by atoms with Crippen LogP contribution in [0.4, 0.5) is 0 Å². The highest BCUT2D eigenvalue weighted by Crippen LogP contribution is 2.26. The van der Waals surface area contributed by atoms with Crippen LogP contribution in [0.15, 0.2) is 34.1 Å². The Hall–Kier alpha value is -1.05.